The van der Waals surface area contributed by atoms with Crippen LogP contribution in [0.5, 0.6) is 11.5 Å². The van der Waals surface area contributed by atoms with Gasteiger partial charge >= 0.3 is 6.03 Å². The second-order valence-electron chi connectivity index (χ2n) is 8.68. The number of hydrogen-bond acceptors (Lipinski definition) is 5. The van der Waals surface area contributed by atoms with Crippen molar-refractivity contribution in [2.45, 2.75) is 25.3 Å². The maximum atomic E-state index is 12.8. The Morgan fingerprint density at radius 3 is 2.59 bits per heavy atom. The van der Waals surface area contributed by atoms with Gasteiger partial charge in [0.15, 0.2) is 11.5 Å². The molecule has 0 unspecified atom stereocenters. The number of fused-ring (bicyclic) bond motifs is 2. The molecule has 2 N–H and O–H groups in total. The third-order valence-corrected chi connectivity index (χ3v) is 6.60. The van der Waals surface area contributed by atoms with E-state index in [9.17, 15) is 14.4 Å². The topological polar surface area (TPSA) is 100 Å². The standard InChI is InChI=1S/C25H28N4O5/c30-23(16-26-24(31)18-5-6-21-22(15-18)34-14-13-33-21)28-10-8-19(9-11-28)29-12-7-17-3-1-2-4-20(17)27-25(29)32/h1-6,15,19H,7-14,16H2,(H,26,31)(H,27,32). The van der Waals surface area contributed by atoms with E-state index in [4.69, 9.17) is 9.47 Å². The van der Waals surface area contributed by atoms with E-state index in [1.165, 1.54) is 0 Å². The molecular formula is C25H28N4O5. The maximum absolute atomic E-state index is 12.8. The Balaban J connectivity index is 1.11. The Bertz CT molecular complexity index is 1100. The number of piperidine rings is 1. The van der Waals surface area contributed by atoms with Crippen LogP contribution in [0.3, 0.4) is 0 Å². The molecule has 9 heteroatoms. The zero-order valence-electron chi connectivity index (χ0n) is 18.9. The van der Waals surface area contributed by atoms with Gasteiger partial charge in [-0.1, -0.05) is 18.2 Å². The lowest BCUT2D eigenvalue weighted by molar-refractivity contribution is -0.131. The van der Waals surface area contributed by atoms with Gasteiger partial charge in [0.25, 0.3) is 5.91 Å². The number of carbonyl (C=O) groups excluding carboxylic acids is 3. The molecule has 3 aliphatic rings. The molecule has 5 rings (SSSR count). The minimum absolute atomic E-state index is 0.0720. The van der Waals surface area contributed by atoms with Crippen molar-refractivity contribution in [3.05, 3.63) is 53.6 Å². The van der Waals surface area contributed by atoms with Gasteiger partial charge in [0.1, 0.15) is 13.2 Å². The summed E-state index contributed by atoms with van der Waals surface area (Å²) in [6, 6.07) is 12.9. The van der Waals surface area contributed by atoms with Crippen LogP contribution in [0.15, 0.2) is 42.5 Å². The number of ether oxygens (including phenoxy) is 2. The monoisotopic (exact) mass is 464 g/mol. The second kappa shape index (κ2) is 9.62. The van der Waals surface area contributed by atoms with Crippen LogP contribution < -0.4 is 20.1 Å². The van der Waals surface area contributed by atoms with E-state index < -0.39 is 0 Å². The van der Waals surface area contributed by atoms with Gasteiger partial charge in [0.2, 0.25) is 5.91 Å². The SMILES string of the molecule is O=C(NCC(=O)N1CCC(N2CCc3ccccc3NC2=O)CC1)c1ccc2c(c1)OCCO2. The van der Waals surface area contributed by atoms with E-state index in [0.29, 0.717) is 62.8 Å². The molecule has 0 spiro atoms. The highest BCUT2D eigenvalue weighted by molar-refractivity contribution is 5.97. The Morgan fingerprint density at radius 2 is 1.76 bits per heavy atom. The number of rotatable bonds is 4. The van der Waals surface area contributed by atoms with Crippen LogP contribution in [0.4, 0.5) is 10.5 Å². The molecule has 1 fully saturated rings. The molecule has 0 aliphatic carbocycles. The molecule has 2 aromatic carbocycles. The average Bonchev–Trinajstić information content (AvgIpc) is 3.05. The minimum atomic E-state index is -0.332. The first kappa shape index (κ1) is 22.1. The number of amides is 4. The molecule has 4 amide bonds. The van der Waals surface area contributed by atoms with Gasteiger partial charge in [0.05, 0.1) is 6.54 Å². The summed E-state index contributed by atoms with van der Waals surface area (Å²) in [5.41, 5.74) is 2.43. The molecule has 3 aliphatic heterocycles. The predicted molar refractivity (Wildman–Crippen MR) is 125 cm³/mol. The van der Waals surface area contributed by atoms with E-state index in [1.54, 1.807) is 23.1 Å². The largest absolute Gasteiger partial charge is 0.486 e. The molecule has 0 radical (unpaired) electrons. The van der Waals surface area contributed by atoms with E-state index in [0.717, 1.165) is 17.7 Å². The van der Waals surface area contributed by atoms with Crippen molar-refractivity contribution in [2.75, 3.05) is 44.7 Å². The number of urea groups is 1. The Hall–Kier alpha value is -3.75. The highest BCUT2D eigenvalue weighted by Crippen LogP contribution is 2.30. The van der Waals surface area contributed by atoms with Gasteiger partial charge in [-0.25, -0.2) is 4.79 Å². The third kappa shape index (κ3) is 4.64. The van der Waals surface area contributed by atoms with E-state index >= 15 is 0 Å². The summed E-state index contributed by atoms with van der Waals surface area (Å²) in [4.78, 5) is 41.6. The van der Waals surface area contributed by atoms with Gasteiger partial charge in [-0.15, -0.1) is 0 Å². The third-order valence-electron chi connectivity index (χ3n) is 6.60. The normalized spacial score (nSPS) is 17.9. The van der Waals surface area contributed by atoms with Crippen LogP contribution in [0.25, 0.3) is 0 Å². The second-order valence-corrected chi connectivity index (χ2v) is 8.68. The van der Waals surface area contributed by atoms with Crippen molar-refractivity contribution in [1.82, 2.24) is 15.1 Å². The van der Waals surface area contributed by atoms with Gasteiger partial charge in [-0.05, 0) is 49.1 Å². The summed E-state index contributed by atoms with van der Waals surface area (Å²) < 4.78 is 11.0. The van der Waals surface area contributed by atoms with Crippen molar-refractivity contribution in [3.63, 3.8) is 0 Å². The molecule has 0 bridgehead atoms. The van der Waals surface area contributed by atoms with Crippen molar-refractivity contribution < 1.29 is 23.9 Å². The molecule has 0 aromatic heterocycles. The number of hydrogen-bond donors (Lipinski definition) is 2. The number of anilines is 1. The fourth-order valence-electron chi connectivity index (χ4n) is 4.72. The number of carbonyl (C=O) groups is 3. The molecule has 34 heavy (non-hydrogen) atoms. The van der Waals surface area contributed by atoms with Gasteiger partial charge in [-0.3, -0.25) is 9.59 Å². The van der Waals surface area contributed by atoms with Crippen molar-refractivity contribution in [2.24, 2.45) is 0 Å². The molecule has 178 valence electrons. The summed E-state index contributed by atoms with van der Waals surface area (Å²) in [7, 11) is 0. The first-order chi connectivity index (χ1) is 16.6. The zero-order chi connectivity index (χ0) is 23.5. The zero-order valence-corrected chi connectivity index (χ0v) is 18.9. The minimum Gasteiger partial charge on any atom is -0.486 e. The van der Waals surface area contributed by atoms with E-state index in [2.05, 4.69) is 10.6 Å². The Labute approximate surface area is 198 Å². The molecule has 0 atom stereocenters. The molecule has 9 nitrogen and oxygen atoms in total. The van der Waals surface area contributed by atoms with Crippen molar-refractivity contribution in [3.8, 4) is 11.5 Å². The number of nitrogens with one attached hydrogen (secondary N) is 2. The fraction of sp³-hybridized carbons (Fsp3) is 0.400. The van der Waals surface area contributed by atoms with E-state index in [-0.39, 0.29) is 30.4 Å². The average molecular weight is 465 g/mol. The predicted octanol–water partition coefficient (Wildman–Crippen LogP) is 2.27. The van der Waals surface area contributed by atoms with Gasteiger partial charge < -0.3 is 29.9 Å². The van der Waals surface area contributed by atoms with Gasteiger partial charge in [0, 0.05) is 36.9 Å². The quantitative estimate of drug-likeness (QED) is 0.723. The number of likely N-dealkylation sites (tertiary alicyclic amines) is 1. The molecule has 1 saturated heterocycles. The highest BCUT2D eigenvalue weighted by atomic mass is 16.6. The maximum Gasteiger partial charge on any atom is 0.322 e. The van der Waals surface area contributed by atoms with Crippen LogP contribution in [0.1, 0.15) is 28.8 Å². The first-order valence-electron chi connectivity index (χ1n) is 11.7. The van der Waals surface area contributed by atoms with Crippen LogP contribution in [-0.4, -0.2) is 73.1 Å². The number of nitrogens with zero attached hydrogens (tertiary/aromatic N) is 2. The Morgan fingerprint density at radius 1 is 1.00 bits per heavy atom. The molecule has 0 saturated carbocycles. The lowest BCUT2D eigenvalue weighted by Crippen LogP contribution is -2.51. The highest BCUT2D eigenvalue weighted by Gasteiger charge is 2.31. The summed E-state index contributed by atoms with van der Waals surface area (Å²) in [6.45, 7) is 2.63. The first-order valence-corrected chi connectivity index (χ1v) is 11.7. The smallest absolute Gasteiger partial charge is 0.322 e. The van der Waals surface area contributed by atoms with Crippen LogP contribution in [0.2, 0.25) is 0 Å². The summed E-state index contributed by atoms with van der Waals surface area (Å²) in [5.74, 6) is 0.690. The lowest BCUT2D eigenvalue weighted by Gasteiger charge is -2.38. The van der Waals surface area contributed by atoms with Crippen LogP contribution in [0, 0.1) is 0 Å². The summed E-state index contributed by atoms with van der Waals surface area (Å²) in [6.07, 6.45) is 2.23. The Kier molecular flexibility index (Phi) is 6.24. The van der Waals surface area contributed by atoms with Gasteiger partial charge in [-0.2, -0.15) is 0 Å². The summed E-state index contributed by atoms with van der Waals surface area (Å²) in [5, 5.41) is 5.72. The van der Waals surface area contributed by atoms with Crippen LogP contribution in [-0.2, 0) is 11.2 Å². The number of para-hydroxylation sites is 1. The molecule has 2 aromatic rings. The van der Waals surface area contributed by atoms with Crippen molar-refractivity contribution >= 4 is 23.5 Å². The van der Waals surface area contributed by atoms with Crippen LogP contribution >= 0.6 is 0 Å². The summed E-state index contributed by atoms with van der Waals surface area (Å²) >= 11 is 0. The van der Waals surface area contributed by atoms with Crippen molar-refractivity contribution in [1.29, 1.82) is 0 Å². The molecular weight excluding hydrogens is 436 g/mol. The van der Waals surface area contributed by atoms with E-state index in [1.807, 2.05) is 29.2 Å². The fourth-order valence-corrected chi connectivity index (χ4v) is 4.72. The molecule has 3 heterocycles. The lowest BCUT2D eigenvalue weighted by atomic mass is 10.0. The number of benzene rings is 2.